The lowest BCUT2D eigenvalue weighted by atomic mass is 10.0. The molecule has 1 atom stereocenters. The molecule has 2 rings (SSSR count). The van der Waals surface area contributed by atoms with Gasteiger partial charge >= 0.3 is 5.97 Å². The van der Waals surface area contributed by atoms with Gasteiger partial charge in [0.1, 0.15) is 11.8 Å². The predicted molar refractivity (Wildman–Crippen MR) is 96.9 cm³/mol. The Balaban J connectivity index is 2.43. The van der Waals surface area contributed by atoms with E-state index in [0.717, 1.165) is 28.1 Å². The first-order valence-corrected chi connectivity index (χ1v) is 8.03. The monoisotopic (exact) mass is 327 g/mol. The summed E-state index contributed by atoms with van der Waals surface area (Å²) in [7, 11) is 1.63. The summed E-state index contributed by atoms with van der Waals surface area (Å²) in [6.45, 7) is 8.38. The van der Waals surface area contributed by atoms with Crippen molar-refractivity contribution >= 4 is 11.7 Å². The summed E-state index contributed by atoms with van der Waals surface area (Å²) >= 11 is 0. The molecule has 0 saturated carbocycles. The number of rotatable bonds is 6. The first kappa shape index (κ1) is 17.9. The summed E-state index contributed by atoms with van der Waals surface area (Å²) in [4.78, 5) is 13.6. The van der Waals surface area contributed by atoms with E-state index < -0.39 is 12.0 Å². The molecule has 0 spiro atoms. The molecule has 0 saturated heterocycles. The van der Waals surface area contributed by atoms with Gasteiger partial charge in [-0.2, -0.15) is 0 Å². The molecule has 0 aliphatic carbocycles. The Kier molecular flexibility index (Phi) is 5.50. The standard InChI is InChI=1S/C20H25NO3/c1-13-10-14(2)19(15(3)11-13)21(16(4)20(22)23)12-17-6-8-18(24-5)9-7-17/h6-11,16H,12H2,1-5H3,(H,22,23). The van der Waals surface area contributed by atoms with Gasteiger partial charge in [-0.25, -0.2) is 4.79 Å². The fourth-order valence-corrected chi connectivity index (χ4v) is 3.10. The van der Waals surface area contributed by atoms with Crippen molar-refractivity contribution in [3.8, 4) is 5.75 Å². The number of nitrogens with zero attached hydrogens (tertiary/aromatic N) is 1. The van der Waals surface area contributed by atoms with Crippen molar-refractivity contribution in [1.82, 2.24) is 0 Å². The molecule has 4 heteroatoms. The molecule has 0 aliphatic rings. The Bertz CT molecular complexity index is 699. The van der Waals surface area contributed by atoms with E-state index in [1.807, 2.05) is 43.0 Å². The Hall–Kier alpha value is -2.49. The zero-order valence-corrected chi connectivity index (χ0v) is 15.0. The van der Waals surface area contributed by atoms with Crippen molar-refractivity contribution in [3.05, 3.63) is 58.7 Å². The van der Waals surface area contributed by atoms with Crippen LogP contribution < -0.4 is 9.64 Å². The highest BCUT2D eigenvalue weighted by molar-refractivity contribution is 5.79. The van der Waals surface area contributed by atoms with Crippen molar-refractivity contribution in [2.75, 3.05) is 12.0 Å². The van der Waals surface area contributed by atoms with Crippen LogP contribution in [0.3, 0.4) is 0 Å². The molecule has 24 heavy (non-hydrogen) atoms. The number of aryl methyl sites for hydroxylation is 3. The molecule has 0 aromatic heterocycles. The number of carbonyl (C=O) groups is 1. The maximum absolute atomic E-state index is 11.6. The molecule has 0 aliphatic heterocycles. The third-order valence-electron chi connectivity index (χ3n) is 4.26. The van der Waals surface area contributed by atoms with Gasteiger partial charge in [0.05, 0.1) is 7.11 Å². The molecule has 1 N–H and O–H groups in total. The van der Waals surface area contributed by atoms with E-state index in [1.165, 1.54) is 5.56 Å². The Labute approximate surface area is 143 Å². The van der Waals surface area contributed by atoms with Crippen LogP contribution in [0.4, 0.5) is 5.69 Å². The molecular formula is C20H25NO3. The molecule has 0 amide bonds. The molecule has 1 unspecified atom stereocenters. The molecule has 0 radical (unpaired) electrons. The predicted octanol–water partition coefficient (Wildman–Crippen LogP) is 4.10. The van der Waals surface area contributed by atoms with E-state index in [-0.39, 0.29) is 0 Å². The van der Waals surface area contributed by atoms with Gasteiger partial charge in [0, 0.05) is 12.2 Å². The van der Waals surface area contributed by atoms with Crippen LogP contribution in [0.5, 0.6) is 5.75 Å². The number of carboxylic acid groups (broad SMARTS) is 1. The minimum absolute atomic E-state index is 0.530. The number of aliphatic carboxylic acids is 1. The third kappa shape index (κ3) is 3.88. The van der Waals surface area contributed by atoms with Crippen LogP contribution in [0.25, 0.3) is 0 Å². The molecule has 2 aromatic rings. The van der Waals surface area contributed by atoms with Crippen LogP contribution in [0, 0.1) is 20.8 Å². The Morgan fingerprint density at radius 2 is 1.67 bits per heavy atom. The van der Waals surface area contributed by atoms with E-state index in [0.29, 0.717) is 6.54 Å². The first-order valence-electron chi connectivity index (χ1n) is 8.03. The molecule has 128 valence electrons. The SMILES string of the molecule is COc1ccc(CN(c2c(C)cc(C)cc2C)C(C)C(=O)O)cc1. The highest BCUT2D eigenvalue weighted by atomic mass is 16.5. The van der Waals surface area contributed by atoms with E-state index in [9.17, 15) is 9.90 Å². The van der Waals surface area contributed by atoms with Crippen LogP contribution in [-0.2, 0) is 11.3 Å². The molecule has 2 aromatic carbocycles. The van der Waals surface area contributed by atoms with Gasteiger partial charge in [-0.1, -0.05) is 29.8 Å². The van der Waals surface area contributed by atoms with Crippen molar-refractivity contribution in [2.24, 2.45) is 0 Å². The number of carboxylic acids is 1. The number of anilines is 1. The van der Waals surface area contributed by atoms with Gasteiger partial charge in [-0.05, 0) is 56.5 Å². The summed E-state index contributed by atoms with van der Waals surface area (Å²) in [5.74, 6) is -0.0397. The van der Waals surface area contributed by atoms with E-state index in [4.69, 9.17) is 4.74 Å². The smallest absolute Gasteiger partial charge is 0.326 e. The summed E-state index contributed by atoms with van der Waals surface area (Å²) in [5.41, 5.74) is 5.40. The topological polar surface area (TPSA) is 49.8 Å². The molecule has 4 nitrogen and oxygen atoms in total. The Morgan fingerprint density at radius 3 is 2.12 bits per heavy atom. The van der Waals surface area contributed by atoms with Crippen LogP contribution in [-0.4, -0.2) is 24.2 Å². The minimum Gasteiger partial charge on any atom is -0.497 e. The van der Waals surface area contributed by atoms with Gasteiger partial charge in [-0.3, -0.25) is 0 Å². The maximum Gasteiger partial charge on any atom is 0.326 e. The van der Waals surface area contributed by atoms with Gasteiger partial charge in [0.2, 0.25) is 0 Å². The molecule has 0 bridgehead atoms. The first-order chi connectivity index (χ1) is 11.3. The number of methoxy groups -OCH3 is 1. The van der Waals surface area contributed by atoms with E-state index in [2.05, 4.69) is 19.1 Å². The summed E-state index contributed by atoms with van der Waals surface area (Å²) in [6.07, 6.45) is 0. The van der Waals surface area contributed by atoms with Gasteiger partial charge in [0.15, 0.2) is 0 Å². The molecule has 0 heterocycles. The fourth-order valence-electron chi connectivity index (χ4n) is 3.10. The van der Waals surface area contributed by atoms with Gasteiger partial charge in [0.25, 0.3) is 0 Å². The fraction of sp³-hybridized carbons (Fsp3) is 0.350. The third-order valence-corrected chi connectivity index (χ3v) is 4.26. The molecular weight excluding hydrogens is 302 g/mol. The number of hydrogen-bond acceptors (Lipinski definition) is 3. The summed E-state index contributed by atoms with van der Waals surface area (Å²) in [6, 6.07) is 11.3. The average molecular weight is 327 g/mol. The number of benzene rings is 2. The second kappa shape index (κ2) is 7.39. The minimum atomic E-state index is -0.831. The zero-order valence-electron chi connectivity index (χ0n) is 15.0. The highest BCUT2D eigenvalue weighted by Crippen LogP contribution is 2.30. The van der Waals surface area contributed by atoms with Crippen LogP contribution in [0.1, 0.15) is 29.2 Å². The van der Waals surface area contributed by atoms with Crippen molar-refractivity contribution in [3.63, 3.8) is 0 Å². The summed E-state index contributed by atoms with van der Waals surface area (Å²) < 4.78 is 5.19. The van der Waals surface area contributed by atoms with E-state index >= 15 is 0 Å². The van der Waals surface area contributed by atoms with Crippen LogP contribution in [0.15, 0.2) is 36.4 Å². The average Bonchev–Trinajstić information content (AvgIpc) is 2.52. The maximum atomic E-state index is 11.6. The number of hydrogen-bond donors (Lipinski definition) is 1. The normalized spacial score (nSPS) is 11.9. The van der Waals surface area contributed by atoms with Crippen LogP contribution >= 0.6 is 0 Å². The quantitative estimate of drug-likeness (QED) is 0.868. The highest BCUT2D eigenvalue weighted by Gasteiger charge is 2.24. The van der Waals surface area contributed by atoms with Crippen molar-refractivity contribution in [1.29, 1.82) is 0 Å². The number of ether oxygens (including phenoxy) is 1. The second-order valence-corrected chi connectivity index (χ2v) is 6.24. The zero-order chi connectivity index (χ0) is 17.9. The lowest BCUT2D eigenvalue weighted by molar-refractivity contribution is -0.138. The molecule has 0 fully saturated rings. The van der Waals surface area contributed by atoms with E-state index in [1.54, 1.807) is 14.0 Å². The second-order valence-electron chi connectivity index (χ2n) is 6.24. The van der Waals surface area contributed by atoms with Gasteiger partial charge in [-0.15, -0.1) is 0 Å². The Morgan fingerprint density at radius 1 is 1.12 bits per heavy atom. The van der Waals surface area contributed by atoms with Crippen molar-refractivity contribution in [2.45, 2.75) is 40.3 Å². The summed E-state index contributed by atoms with van der Waals surface area (Å²) in [5, 5.41) is 9.55. The van der Waals surface area contributed by atoms with Crippen molar-refractivity contribution < 1.29 is 14.6 Å². The lowest BCUT2D eigenvalue weighted by Gasteiger charge is -2.32. The van der Waals surface area contributed by atoms with Gasteiger partial charge < -0.3 is 14.7 Å². The lowest BCUT2D eigenvalue weighted by Crippen LogP contribution is -2.39. The largest absolute Gasteiger partial charge is 0.497 e. The van der Waals surface area contributed by atoms with Crippen LogP contribution in [0.2, 0.25) is 0 Å².